The minimum atomic E-state index is -0.123. The number of benzene rings is 1. The minimum absolute atomic E-state index is 0.123. The molecule has 0 atom stereocenters. The fraction of sp³-hybridized carbons (Fsp3) is 0.286. The number of rotatable bonds is 5. The summed E-state index contributed by atoms with van der Waals surface area (Å²) in [5.41, 5.74) is 2.72. The monoisotopic (exact) mass is 301 g/mol. The molecule has 0 amide bonds. The van der Waals surface area contributed by atoms with Crippen LogP contribution < -0.4 is 0 Å². The SMILES string of the molecule is Cc1nnc(-n2nnc(CO)c2CCc2ccccc2)s1. The van der Waals surface area contributed by atoms with Gasteiger partial charge in [0.25, 0.3) is 0 Å². The third-order valence-corrected chi connectivity index (χ3v) is 4.00. The summed E-state index contributed by atoms with van der Waals surface area (Å²) >= 11 is 1.46. The highest BCUT2D eigenvalue weighted by molar-refractivity contribution is 7.13. The second-order valence-corrected chi connectivity index (χ2v) is 5.80. The van der Waals surface area contributed by atoms with Crippen LogP contribution in [0.1, 0.15) is 22.0 Å². The van der Waals surface area contributed by atoms with Crippen molar-refractivity contribution in [3.63, 3.8) is 0 Å². The summed E-state index contributed by atoms with van der Waals surface area (Å²) < 4.78 is 1.68. The number of aliphatic hydroxyl groups is 1. The lowest BCUT2D eigenvalue weighted by Gasteiger charge is -2.04. The Hall–Kier alpha value is -2.12. The summed E-state index contributed by atoms with van der Waals surface area (Å²) in [6, 6.07) is 10.2. The Morgan fingerprint density at radius 3 is 2.57 bits per heavy atom. The Labute approximate surface area is 126 Å². The van der Waals surface area contributed by atoms with E-state index in [0.717, 1.165) is 23.5 Å². The fourth-order valence-electron chi connectivity index (χ4n) is 2.14. The molecule has 0 aliphatic rings. The van der Waals surface area contributed by atoms with Crippen molar-refractivity contribution >= 4 is 11.3 Å². The van der Waals surface area contributed by atoms with E-state index >= 15 is 0 Å². The van der Waals surface area contributed by atoms with Gasteiger partial charge in [0.05, 0.1) is 12.3 Å². The summed E-state index contributed by atoms with van der Waals surface area (Å²) in [7, 11) is 0. The van der Waals surface area contributed by atoms with Crippen molar-refractivity contribution in [2.45, 2.75) is 26.4 Å². The number of aromatic nitrogens is 5. The van der Waals surface area contributed by atoms with Gasteiger partial charge in [-0.25, -0.2) is 0 Å². The van der Waals surface area contributed by atoms with Crippen LogP contribution in [0.2, 0.25) is 0 Å². The molecule has 0 saturated heterocycles. The van der Waals surface area contributed by atoms with Crippen LogP contribution in [0.3, 0.4) is 0 Å². The maximum absolute atomic E-state index is 9.43. The molecule has 0 aliphatic carbocycles. The molecule has 1 aromatic carbocycles. The predicted molar refractivity (Wildman–Crippen MR) is 79.3 cm³/mol. The van der Waals surface area contributed by atoms with Crippen molar-refractivity contribution in [1.29, 1.82) is 0 Å². The van der Waals surface area contributed by atoms with Gasteiger partial charge in [-0.1, -0.05) is 46.9 Å². The molecule has 108 valence electrons. The van der Waals surface area contributed by atoms with E-state index in [2.05, 4.69) is 32.6 Å². The van der Waals surface area contributed by atoms with Gasteiger partial charge in [0.15, 0.2) is 0 Å². The van der Waals surface area contributed by atoms with Crippen molar-refractivity contribution in [3.8, 4) is 5.13 Å². The maximum Gasteiger partial charge on any atom is 0.234 e. The van der Waals surface area contributed by atoms with Crippen LogP contribution in [0.4, 0.5) is 0 Å². The molecule has 0 aliphatic heterocycles. The lowest BCUT2D eigenvalue weighted by atomic mass is 10.1. The summed E-state index contributed by atoms with van der Waals surface area (Å²) in [5, 5.41) is 27.2. The highest BCUT2D eigenvalue weighted by Gasteiger charge is 2.16. The van der Waals surface area contributed by atoms with Crippen LogP contribution in [-0.4, -0.2) is 30.3 Å². The van der Waals surface area contributed by atoms with Gasteiger partial charge in [0.2, 0.25) is 5.13 Å². The molecular formula is C14H15N5OS. The molecule has 0 spiro atoms. The van der Waals surface area contributed by atoms with E-state index in [9.17, 15) is 5.11 Å². The van der Waals surface area contributed by atoms with Gasteiger partial charge in [-0.15, -0.1) is 15.3 Å². The van der Waals surface area contributed by atoms with Crippen LogP contribution in [0.5, 0.6) is 0 Å². The Balaban J connectivity index is 1.87. The van der Waals surface area contributed by atoms with Gasteiger partial charge >= 0.3 is 0 Å². The maximum atomic E-state index is 9.43. The van der Waals surface area contributed by atoms with Crippen LogP contribution in [0.25, 0.3) is 5.13 Å². The molecule has 0 saturated carbocycles. The molecule has 3 aromatic rings. The smallest absolute Gasteiger partial charge is 0.234 e. The van der Waals surface area contributed by atoms with Gasteiger partial charge in [-0.2, -0.15) is 4.68 Å². The Morgan fingerprint density at radius 2 is 1.90 bits per heavy atom. The average molecular weight is 301 g/mol. The zero-order chi connectivity index (χ0) is 14.7. The van der Waals surface area contributed by atoms with E-state index in [4.69, 9.17) is 0 Å². The molecule has 1 N–H and O–H groups in total. The summed E-state index contributed by atoms with van der Waals surface area (Å²) in [5.74, 6) is 0. The van der Waals surface area contributed by atoms with Gasteiger partial charge in [0, 0.05) is 0 Å². The first kappa shape index (κ1) is 13.8. The molecule has 21 heavy (non-hydrogen) atoms. The molecule has 2 aromatic heterocycles. The molecule has 0 unspecified atom stereocenters. The molecule has 7 heteroatoms. The van der Waals surface area contributed by atoms with Crippen molar-refractivity contribution < 1.29 is 5.11 Å². The number of nitrogens with zero attached hydrogens (tertiary/aromatic N) is 5. The average Bonchev–Trinajstić information content (AvgIpc) is 3.11. The molecule has 0 fully saturated rings. The Kier molecular flexibility index (Phi) is 4.03. The number of hydrogen-bond acceptors (Lipinski definition) is 6. The van der Waals surface area contributed by atoms with E-state index in [1.54, 1.807) is 4.68 Å². The zero-order valence-electron chi connectivity index (χ0n) is 11.6. The van der Waals surface area contributed by atoms with E-state index in [1.165, 1.54) is 16.9 Å². The molecule has 2 heterocycles. The molecule has 0 radical (unpaired) electrons. The van der Waals surface area contributed by atoms with Gasteiger partial charge < -0.3 is 5.11 Å². The first-order chi connectivity index (χ1) is 10.3. The van der Waals surface area contributed by atoms with Crippen molar-refractivity contribution in [1.82, 2.24) is 25.2 Å². The van der Waals surface area contributed by atoms with Gasteiger partial charge in [-0.05, 0) is 25.3 Å². The second-order valence-electron chi connectivity index (χ2n) is 4.64. The third-order valence-electron chi connectivity index (χ3n) is 3.18. The highest BCUT2D eigenvalue weighted by Crippen LogP contribution is 2.18. The van der Waals surface area contributed by atoms with Gasteiger partial charge in [0.1, 0.15) is 10.7 Å². The lowest BCUT2D eigenvalue weighted by Crippen LogP contribution is -2.05. The van der Waals surface area contributed by atoms with Crippen molar-refractivity contribution in [2.75, 3.05) is 0 Å². The summed E-state index contributed by atoms with van der Waals surface area (Å²) in [6.45, 7) is 1.77. The van der Waals surface area contributed by atoms with E-state index in [1.807, 2.05) is 25.1 Å². The minimum Gasteiger partial charge on any atom is -0.390 e. The topological polar surface area (TPSA) is 76.7 Å². The van der Waals surface area contributed by atoms with Crippen LogP contribution in [-0.2, 0) is 19.4 Å². The molecule has 0 bridgehead atoms. The third kappa shape index (κ3) is 2.98. The van der Waals surface area contributed by atoms with E-state index in [0.29, 0.717) is 10.8 Å². The van der Waals surface area contributed by atoms with Crippen molar-refractivity contribution in [2.24, 2.45) is 0 Å². The normalized spacial score (nSPS) is 11.0. The summed E-state index contributed by atoms with van der Waals surface area (Å²) in [4.78, 5) is 0. The number of hydrogen-bond donors (Lipinski definition) is 1. The number of aliphatic hydroxyl groups excluding tert-OH is 1. The van der Waals surface area contributed by atoms with Gasteiger partial charge in [-0.3, -0.25) is 0 Å². The second kappa shape index (κ2) is 6.11. The van der Waals surface area contributed by atoms with E-state index in [-0.39, 0.29) is 6.61 Å². The Morgan fingerprint density at radius 1 is 1.10 bits per heavy atom. The lowest BCUT2D eigenvalue weighted by molar-refractivity contribution is 0.275. The standard InChI is InChI=1S/C14H15N5OS/c1-10-15-17-14(21-10)19-13(12(9-20)16-18-19)8-7-11-5-3-2-4-6-11/h2-6,20H,7-9H2,1H3. The van der Waals surface area contributed by atoms with E-state index < -0.39 is 0 Å². The largest absolute Gasteiger partial charge is 0.390 e. The fourth-order valence-corrected chi connectivity index (χ4v) is 2.80. The predicted octanol–water partition coefficient (Wildman–Crippen LogP) is 1.70. The summed E-state index contributed by atoms with van der Waals surface area (Å²) in [6.07, 6.45) is 1.60. The molecule has 6 nitrogen and oxygen atoms in total. The molecule has 3 rings (SSSR count). The highest BCUT2D eigenvalue weighted by atomic mass is 32.1. The number of aryl methyl sites for hydroxylation is 2. The Bertz CT molecular complexity index is 722. The van der Waals surface area contributed by atoms with Crippen LogP contribution >= 0.6 is 11.3 Å². The first-order valence-electron chi connectivity index (χ1n) is 6.66. The quantitative estimate of drug-likeness (QED) is 0.776. The zero-order valence-corrected chi connectivity index (χ0v) is 12.4. The van der Waals surface area contributed by atoms with Crippen LogP contribution in [0.15, 0.2) is 30.3 Å². The first-order valence-corrected chi connectivity index (χ1v) is 7.48. The van der Waals surface area contributed by atoms with Crippen LogP contribution in [0, 0.1) is 6.92 Å². The molecular weight excluding hydrogens is 286 g/mol. The van der Waals surface area contributed by atoms with Crippen molar-refractivity contribution in [3.05, 3.63) is 52.3 Å².